The molecule has 1 atom stereocenters. The zero-order valence-electron chi connectivity index (χ0n) is 11.9. The normalized spacial score (nSPS) is 14.2. The summed E-state index contributed by atoms with van der Waals surface area (Å²) in [6.45, 7) is 1.60. The number of halogens is 3. The molecule has 0 saturated heterocycles. The molecule has 0 fully saturated rings. The minimum absolute atomic E-state index is 0.391. The summed E-state index contributed by atoms with van der Waals surface area (Å²) in [6.07, 6.45) is 1.17. The van der Waals surface area contributed by atoms with Crippen molar-refractivity contribution in [2.24, 2.45) is 0 Å². The highest BCUT2D eigenvalue weighted by Crippen LogP contribution is 2.27. The van der Waals surface area contributed by atoms with Crippen LogP contribution < -0.4 is 4.72 Å². The highest BCUT2D eigenvalue weighted by molar-refractivity contribution is 8.03. The van der Waals surface area contributed by atoms with Crippen molar-refractivity contribution >= 4 is 20.3 Å². The van der Waals surface area contributed by atoms with E-state index < -0.39 is 21.6 Å². The van der Waals surface area contributed by atoms with Crippen molar-refractivity contribution in [3.63, 3.8) is 0 Å². The van der Waals surface area contributed by atoms with Crippen LogP contribution in [0.25, 0.3) is 0 Å². The van der Waals surface area contributed by atoms with Crippen LogP contribution in [0.4, 0.5) is 18.9 Å². The third-order valence-corrected chi connectivity index (χ3v) is 5.07. The average molecular weight is 329 g/mol. The SMILES string of the molecule is CC(c1ccc(C(F)(F)F)nc1)=S(C)(=O)Nc1ccncc1. The number of nitrogens with zero attached hydrogens (tertiary/aromatic N) is 2. The van der Waals surface area contributed by atoms with Crippen LogP contribution in [0.5, 0.6) is 0 Å². The lowest BCUT2D eigenvalue weighted by Gasteiger charge is -2.14. The van der Waals surface area contributed by atoms with Gasteiger partial charge < -0.3 is 4.72 Å². The van der Waals surface area contributed by atoms with Crippen LogP contribution in [-0.4, -0.2) is 25.3 Å². The van der Waals surface area contributed by atoms with Gasteiger partial charge in [-0.3, -0.25) is 9.97 Å². The van der Waals surface area contributed by atoms with Crippen LogP contribution in [0.3, 0.4) is 0 Å². The Morgan fingerprint density at radius 3 is 2.32 bits per heavy atom. The Hall–Kier alpha value is -2.09. The Kier molecular flexibility index (Phi) is 4.41. The topological polar surface area (TPSA) is 54.9 Å². The molecule has 1 N–H and O–H groups in total. The van der Waals surface area contributed by atoms with Gasteiger partial charge in [0.25, 0.3) is 0 Å². The van der Waals surface area contributed by atoms with Gasteiger partial charge in [0.2, 0.25) is 0 Å². The fraction of sp³-hybridized carbons (Fsp3) is 0.214. The molecule has 0 bridgehead atoms. The molecule has 1 unspecified atom stereocenters. The minimum atomic E-state index is -4.49. The molecule has 0 saturated carbocycles. The molecule has 118 valence electrons. The molecule has 22 heavy (non-hydrogen) atoms. The van der Waals surface area contributed by atoms with E-state index in [4.69, 9.17) is 0 Å². The maximum absolute atomic E-state index is 12.7. The zero-order valence-corrected chi connectivity index (χ0v) is 12.7. The molecule has 0 aliphatic heterocycles. The van der Waals surface area contributed by atoms with Crippen LogP contribution in [0.15, 0.2) is 42.9 Å². The van der Waals surface area contributed by atoms with Crippen molar-refractivity contribution in [3.8, 4) is 0 Å². The molecule has 0 amide bonds. The maximum atomic E-state index is 12.7. The lowest BCUT2D eigenvalue weighted by Crippen LogP contribution is -2.20. The summed E-state index contributed by atoms with van der Waals surface area (Å²) >= 11 is 0. The van der Waals surface area contributed by atoms with Gasteiger partial charge in [0.15, 0.2) is 0 Å². The second-order valence-electron chi connectivity index (χ2n) is 4.67. The van der Waals surface area contributed by atoms with E-state index in [0.29, 0.717) is 16.1 Å². The van der Waals surface area contributed by atoms with Crippen LogP contribution in [-0.2, 0) is 15.9 Å². The molecule has 0 radical (unpaired) electrons. The van der Waals surface area contributed by atoms with Gasteiger partial charge in [-0.1, -0.05) is 6.07 Å². The van der Waals surface area contributed by atoms with Crippen LogP contribution in [0, 0.1) is 0 Å². The van der Waals surface area contributed by atoms with E-state index in [1.54, 1.807) is 31.5 Å². The Balaban J connectivity index is 2.36. The molecule has 0 aliphatic carbocycles. The van der Waals surface area contributed by atoms with Gasteiger partial charge in [0, 0.05) is 41.0 Å². The number of rotatable bonds is 3. The number of nitrogens with one attached hydrogen (secondary N) is 1. The molecule has 2 aromatic heterocycles. The summed E-state index contributed by atoms with van der Waals surface area (Å²) in [6, 6.07) is 5.45. The number of anilines is 1. The van der Waals surface area contributed by atoms with Gasteiger partial charge in [-0.15, -0.1) is 0 Å². The lowest BCUT2D eigenvalue weighted by molar-refractivity contribution is -0.141. The standard InChI is InChI=1S/C14H14F3N3OS/c1-10(11-3-4-13(19-9-11)14(15,16)17)22(2,21)20-12-5-7-18-8-6-12/h3-9H,1-2H3,(H,18,20,21). The summed E-state index contributed by atoms with van der Waals surface area (Å²) in [5.41, 5.74) is 0.0255. The van der Waals surface area contributed by atoms with Crippen molar-refractivity contribution in [3.05, 3.63) is 54.1 Å². The average Bonchev–Trinajstić information content (AvgIpc) is 2.46. The fourth-order valence-corrected chi connectivity index (χ4v) is 3.03. The van der Waals surface area contributed by atoms with Gasteiger partial charge in [0.1, 0.15) is 5.69 Å². The maximum Gasteiger partial charge on any atom is 0.433 e. The third-order valence-electron chi connectivity index (χ3n) is 3.04. The Labute approximate surface area is 126 Å². The zero-order chi connectivity index (χ0) is 16.4. The predicted molar refractivity (Wildman–Crippen MR) is 80.9 cm³/mol. The quantitative estimate of drug-likeness (QED) is 0.696. The Morgan fingerprint density at radius 2 is 1.82 bits per heavy atom. The number of pyridine rings is 2. The first-order chi connectivity index (χ1) is 10.2. The first kappa shape index (κ1) is 16.3. The summed E-state index contributed by atoms with van der Waals surface area (Å²) in [4.78, 5) is 7.66. The molecule has 2 heterocycles. The van der Waals surface area contributed by atoms with Gasteiger partial charge in [-0.2, -0.15) is 13.2 Å². The van der Waals surface area contributed by atoms with E-state index in [-0.39, 0.29) is 0 Å². The monoisotopic (exact) mass is 329 g/mol. The first-order valence-electron chi connectivity index (χ1n) is 6.24. The second kappa shape index (κ2) is 5.96. The summed E-state index contributed by atoms with van der Waals surface area (Å²) in [5, 5.41) is 0. The van der Waals surface area contributed by atoms with Crippen LogP contribution in [0.1, 0.15) is 18.2 Å². The van der Waals surface area contributed by atoms with E-state index in [1.165, 1.54) is 12.3 Å². The van der Waals surface area contributed by atoms with Gasteiger partial charge in [0.05, 0.1) is 9.71 Å². The van der Waals surface area contributed by atoms with E-state index in [9.17, 15) is 17.4 Å². The third kappa shape index (κ3) is 3.76. The van der Waals surface area contributed by atoms with E-state index in [0.717, 1.165) is 12.3 Å². The molecule has 8 heteroatoms. The number of aromatic nitrogens is 2. The van der Waals surface area contributed by atoms with Crippen molar-refractivity contribution in [2.45, 2.75) is 13.1 Å². The van der Waals surface area contributed by atoms with Crippen molar-refractivity contribution in [2.75, 3.05) is 11.0 Å². The highest BCUT2D eigenvalue weighted by Gasteiger charge is 2.32. The molecular formula is C14H14F3N3OS. The first-order valence-corrected chi connectivity index (χ1v) is 8.21. The van der Waals surface area contributed by atoms with Crippen molar-refractivity contribution < 1.29 is 17.4 Å². The molecule has 0 spiro atoms. The minimum Gasteiger partial charge on any atom is -0.312 e. The molecule has 4 nitrogen and oxygen atoms in total. The van der Waals surface area contributed by atoms with Crippen LogP contribution >= 0.6 is 0 Å². The summed E-state index contributed by atoms with van der Waals surface area (Å²) in [7, 11) is -2.65. The molecule has 0 aliphatic rings. The van der Waals surface area contributed by atoms with Crippen molar-refractivity contribution in [1.82, 2.24) is 9.97 Å². The van der Waals surface area contributed by atoms with E-state index in [1.807, 2.05) is 0 Å². The largest absolute Gasteiger partial charge is 0.433 e. The Bertz CT molecular complexity index is 764. The van der Waals surface area contributed by atoms with Gasteiger partial charge >= 0.3 is 6.18 Å². The van der Waals surface area contributed by atoms with Crippen LogP contribution in [0.2, 0.25) is 0 Å². The summed E-state index contributed by atoms with van der Waals surface area (Å²) in [5.74, 6) is 0. The van der Waals surface area contributed by atoms with Crippen molar-refractivity contribution in [1.29, 1.82) is 0 Å². The smallest absolute Gasteiger partial charge is 0.312 e. The van der Waals surface area contributed by atoms with E-state index in [2.05, 4.69) is 14.7 Å². The molecule has 0 aromatic carbocycles. The van der Waals surface area contributed by atoms with E-state index >= 15 is 0 Å². The lowest BCUT2D eigenvalue weighted by atomic mass is 10.2. The number of alkyl halides is 3. The van der Waals surface area contributed by atoms with Gasteiger partial charge in [-0.05, 0) is 25.1 Å². The molecular weight excluding hydrogens is 315 g/mol. The number of hydrogen-bond acceptors (Lipinski definition) is 3. The fourth-order valence-electron chi connectivity index (χ4n) is 1.72. The van der Waals surface area contributed by atoms with Gasteiger partial charge in [-0.25, -0.2) is 4.21 Å². The predicted octanol–water partition coefficient (Wildman–Crippen LogP) is 2.98. The Morgan fingerprint density at radius 1 is 1.18 bits per heavy atom. The second-order valence-corrected chi connectivity index (χ2v) is 7.17. The molecule has 2 rings (SSSR count). The number of hydrogen-bond donors (Lipinski definition) is 1. The molecule has 2 aromatic rings. The highest BCUT2D eigenvalue weighted by atomic mass is 32.2. The summed E-state index contributed by atoms with van der Waals surface area (Å²) < 4.78 is 53.1.